The van der Waals surface area contributed by atoms with E-state index in [4.69, 9.17) is 4.42 Å². The first-order valence-corrected chi connectivity index (χ1v) is 7.53. The van der Waals surface area contributed by atoms with Crippen molar-refractivity contribution < 1.29 is 4.42 Å². The molecule has 0 radical (unpaired) electrons. The Balaban J connectivity index is 2.10. The molecular weight excluding hydrogens is 370 g/mol. The van der Waals surface area contributed by atoms with Crippen LogP contribution in [0.25, 0.3) is 11.5 Å². The maximum atomic E-state index is 5.62. The van der Waals surface area contributed by atoms with Crippen LogP contribution in [0.3, 0.4) is 0 Å². The Morgan fingerprint density at radius 3 is 2.88 bits per heavy atom. The number of nitrogens with zero attached hydrogens (tertiary/aromatic N) is 2. The van der Waals surface area contributed by atoms with Crippen LogP contribution in [0.4, 0.5) is 0 Å². The molecule has 4 nitrogen and oxygen atoms in total. The summed E-state index contributed by atoms with van der Waals surface area (Å²) in [5.74, 6) is 1.25. The van der Waals surface area contributed by atoms with Gasteiger partial charge < -0.3 is 9.73 Å². The predicted molar refractivity (Wildman–Crippen MR) is 75.3 cm³/mol. The molecule has 2 aromatic heterocycles. The van der Waals surface area contributed by atoms with Crippen molar-refractivity contribution in [2.75, 3.05) is 13.6 Å². The van der Waals surface area contributed by atoms with Crippen LogP contribution in [0.15, 0.2) is 18.1 Å². The van der Waals surface area contributed by atoms with Gasteiger partial charge >= 0.3 is 0 Å². The van der Waals surface area contributed by atoms with E-state index in [0.29, 0.717) is 11.8 Å². The summed E-state index contributed by atoms with van der Waals surface area (Å²) in [6.45, 7) is 0.950. The first-order valence-electron chi connectivity index (χ1n) is 5.13. The van der Waals surface area contributed by atoms with Crippen LogP contribution in [0.5, 0.6) is 0 Å². The quantitative estimate of drug-likeness (QED) is 0.806. The molecule has 0 spiro atoms. The Hall–Kier alpha value is -0.240. The number of hydrogen-bond acceptors (Lipinski definition) is 5. The molecule has 0 atom stereocenters. The predicted octanol–water partition coefficient (Wildman–Crippen LogP) is 3.48. The molecule has 0 aliphatic carbocycles. The molecule has 1 N–H and O–H groups in total. The average molecular weight is 381 g/mol. The highest BCUT2D eigenvalue weighted by atomic mass is 79.9. The van der Waals surface area contributed by atoms with E-state index in [2.05, 4.69) is 47.4 Å². The van der Waals surface area contributed by atoms with E-state index in [1.165, 1.54) is 0 Å². The van der Waals surface area contributed by atoms with E-state index < -0.39 is 0 Å². The van der Waals surface area contributed by atoms with E-state index in [-0.39, 0.29) is 0 Å². The monoisotopic (exact) mass is 379 g/mol. The van der Waals surface area contributed by atoms with Gasteiger partial charge in [0.2, 0.25) is 11.8 Å². The maximum absolute atomic E-state index is 5.62. The lowest BCUT2D eigenvalue weighted by Gasteiger charge is -1.94. The fraction of sp³-hybridized carbons (Fsp3) is 0.400. The van der Waals surface area contributed by atoms with Crippen LogP contribution < -0.4 is 5.32 Å². The van der Waals surface area contributed by atoms with Gasteiger partial charge in [-0.2, -0.15) is 0 Å². The molecule has 2 aromatic rings. The van der Waals surface area contributed by atoms with Crippen molar-refractivity contribution in [3.05, 3.63) is 19.5 Å². The lowest BCUT2D eigenvalue weighted by Crippen LogP contribution is -2.08. The van der Waals surface area contributed by atoms with Gasteiger partial charge in [-0.15, -0.1) is 21.5 Å². The average Bonchev–Trinajstić information content (AvgIpc) is 2.86. The summed E-state index contributed by atoms with van der Waals surface area (Å²) in [5, 5.41) is 11.2. The highest BCUT2D eigenvalue weighted by molar-refractivity contribution is 9.12. The second-order valence-electron chi connectivity index (χ2n) is 3.45. The molecule has 0 fully saturated rings. The van der Waals surface area contributed by atoms with Gasteiger partial charge in [0.05, 0.1) is 13.1 Å². The van der Waals surface area contributed by atoms with E-state index in [1.54, 1.807) is 11.3 Å². The number of nitrogens with one attached hydrogen (secondary N) is 1. The second kappa shape index (κ2) is 6.08. The van der Waals surface area contributed by atoms with Crippen molar-refractivity contribution in [1.82, 2.24) is 15.5 Å². The minimum atomic E-state index is 0.568. The first kappa shape index (κ1) is 13.2. The van der Waals surface area contributed by atoms with Crippen molar-refractivity contribution in [2.45, 2.75) is 12.8 Å². The molecular formula is C10H11Br2N3OS. The Labute approximate surface area is 120 Å². The zero-order chi connectivity index (χ0) is 12.3. The van der Waals surface area contributed by atoms with Gasteiger partial charge in [-0.3, -0.25) is 0 Å². The van der Waals surface area contributed by atoms with Crippen LogP contribution in [-0.4, -0.2) is 23.8 Å². The van der Waals surface area contributed by atoms with Gasteiger partial charge in [-0.05, 0) is 57.9 Å². The highest BCUT2D eigenvalue weighted by Crippen LogP contribution is 2.37. The topological polar surface area (TPSA) is 51.0 Å². The van der Waals surface area contributed by atoms with Gasteiger partial charge in [-0.25, -0.2) is 0 Å². The number of rotatable bonds is 5. The van der Waals surface area contributed by atoms with Gasteiger partial charge in [0, 0.05) is 6.42 Å². The summed E-state index contributed by atoms with van der Waals surface area (Å²) in [5.41, 5.74) is 0.939. The third-order valence-corrected chi connectivity index (χ3v) is 4.51. The Bertz CT molecular complexity index is 497. The van der Waals surface area contributed by atoms with Gasteiger partial charge in [0.25, 0.3) is 0 Å². The van der Waals surface area contributed by atoms with Crippen LogP contribution in [0.1, 0.15) is 12.3 Å². The molecule has 2 heterocycles. The maximum Gasteiger partial charge on any atom is 0.249 e. The number of aryl methyl sites for hydroxylation is 1. The summed E-state index contributed by atoms with van der Waals surface area (Å²) in [6.07, 6.45) is 1.80. The highest BCUT2D eigenvalue weighted by Gasteiger charge is 2.14. The fourth-order valence-electron chi connectivity index (χ4n) is 1.37. The number of hydrogen-bond donors (Lipinski definition) is 1. The standard InChI is InChI=1S/C10H11Br2N3OS/c1-13-4-2-3-8-14-15-10(16-8)6-5-7(11)17-9(6)12/h5,13H,2-4H2,1H3. The zero-order valence-electron chi connectivity index (χ0n) is 9.17. The van der Waals surface area contributed by atoms with E-state index in [1.807, 2.05) is 13.1 Å². The van der Waals surface area contributed by atoms with Gasteiger partial charge in [0.15, 0.2) is 0 Å². The lowest BCUT2D eigenvalue weighted by atomic mass is 10.3. The number of thiophene rings is 1. The summed E-state index contributed by atoms with van der Waals surface area (Å²) in [7, 11) is 1.93. The molecule has 0 bridgehead atoms. The molecule has 0 aliphatic heterocycles. The van der Waals surface area contributed by atoms with E-state index in [9.17, 15) is 0 Å². The normalized spacial score (nSPS) is 11.0. The largest absolute Gasteiger partial charge is 0.421 e. The molecule has 7 heteroatoms. The Kier molecular flexibility index (Phi) is 4.72. The summed E-state index contributed by atoms with van der Waals surface area (Å²) in [4.78, 5) is 0. The van der Waals surface area contributed by atoms with E-state index >= 15 is 0 Å². The molecule has 0 unspecified atom stereocenters. The summed E-state index contributed by atoms with van der Waals surface area (Å²) >= 11 is 8.50. The molecule has 0 saturated heterocycles. The Morgan fingerprint density at radius 2 is 2.24 bits per heavy atom. The molecule has 0 aliphatic rings. The third-order valence-electron chi connectivity index (χ3n) is 2.17. The lowest BCUT2D eigenvalue weighted by molar-refractivity contribution is 0.495. The van der Waals surface area contributed by atoms with Crippen molar-refractivity contribution in [3.8, 4) is 11.5 Å². The number of halogens is 2. The smallest absolute Gasteiger partial charge is 0.249 e. The zero-order valence-corrected chi connectivity index (χ0v) is 13.2. The molecule has 17 heavy (non-hydrogen) atoms. The number of aromatic nitrogens is 2. The SMILES string of the molecule is CNCCCc1nnc(-c2cc(Br)sc2Br)o1. The second-order valence-corrected chi connectivity index (χ2v) is 7.20. The van der Waals surface area contributed by atoms with Crippen molar-refractivity contribution in [3.63, 3.8) is 0 Å². The van der Waals surface area contributed by atoms with Crippen molar-refractivity contribution in [2.24, 2.45) is 0 Å². The summed E-state index contributed by atoms with van der Waals surface area (Å²) < 4.78 is 7.65. The van der Waals surface area contributed by atoms with Gasteiger partial charge in [0.1, 0.15) is 0 Å². The third kappa shape index (κ3) is 3.37. The first-order chi connectivity index (χ1) is 8.20. The molecule has 92 valence electrons. The molecule has 2 rings (SSSR count). The minimum absolute atomic E-state index is 0.568. The minimum Gasteiger partial charge on any atom is -0.421 e. The molecule has 0 aromatic carbocycles. The van der Waals surface area contributed by atoms with Crippen LogP contribution in [0, 0.1) is 0 Å². The van der Waals surface area contributed by atoms with Crippen molar-refractivity contribution in [1.29, 1.82) is 0 Å². The van der Waals surface area contributed by atoms with E-state index in [0.717, 1.165) is 32.5 Å². The Morgan fingerprint density at radius 1 is 1.41 bits per heavy atom. The van der Waals surface area contributed by atoms with Crippen LogP contribution in [-0.2, 0) is 6.42 Å². The molecule has 0 saturated carbocycles. The fourth-order valence-corrected chi connectivity index (χ4v) is 4.14. The van der Waals surface area contributed by atoms with Crippen LogP contribution in [0.2, 0.25) is 0 Å². The van der Waals surface area contributed by atoms with Gasteiger partial charge in [-0.1, -0.05) is 0 Å². The summed E-state index contributed by atoms with van der Waals surface area (Å²) in [6, 6.07) is 1.97. The molecule has 0 amide bonds. The van der Waals surface area contributed by atoms with Crippen LogP contribution >= 0.6 is 43.2 Å². The van der Waals surface area contributed by atoms with Crippen molar-refractivity contribution >= 4 is 43.2 Å².